The Morgan fingerprint density at radius 2 is 2.00 bits per heavy atom. The number of ether oxygens (including phenoxy) is 2. The van der Waals surface area contributed by atoms with Crippen LogP contribution in [0.5, 0.6) is 11.6 Å². The van der Waals surface area contributed by atoms with Gasteiger partial charge in [0.1, 0.15) is 5.75 Å². The van der Waals surface area contributed by atoms with Gasteiger partial charge in [-0.15, -0.1) is 0 Å². The highest BCUT2D eigenvalue weighted by atomic mass is 16.5. The summed E-state index contributed by atoms with van der Waals surface area (Å²) in [4.78, 5) is 14.9. The van der Waals surface area contributed by atoms with Crippen molar-refractivity contribution in [1.29, 1.82) is 0 Å². The molecule has 0 aliphatic heterocycles. The number of rotatable bonds is 6. The Morgan fingerprint density at radius 1 is 1.29 bits per heavy atom. The van der Waals surface area contributed by atoms with Crippen LogP contribution in [0.25, 0.3) is 0 Å². The Hall–Kier alpha value is -2.40. The van der Waals surface area contributed by atoms with Crippen molar-refractivity contribution < 1.29 is 19.4 Å². The molecule has 1 N–H and O–H groups in total. The molecular weight excluding hydrogens is 270 g/mol. The lowest BCUT2D eigenvalue weighted by Gasteiger charge is -2.08. The van der Waals surface area contributed by atoms with Crippen LogP contribution in [0.15, 0.2) is 36.5 Å². The molecular formula is C16H17NO4. The highest BCUT2D eigenvalue weighted by Gasteiger charge is 2.08. The summed E-state index contributed by atoms with van der Waals surface area (Å²) < 4.78 is 10.7. The minimum Gasteiger partial charge on any atom is -0.478 e. The van der Waals surface area contributed by atoms with E-state index in [-0.39, 0.29) is 5.56 Å². The van der Waals surface area contributed by atoms with E-state index in [0.29, 0.717) is 23.8 Å². The van der Waals surface area contributed by atoms with Gasteiger partial charge in [0.15, 0.2) is 0 Å². The lowest BCUT2D eigenvalue weighted by Crippen LogP contribution is -2.00. The fourth-order valence-electron chi connectivity index (χ4n) is 1.84. The molecule has 0 atom stereocenters. The van der Waals surface area contributed by atoms with Crippen LogP contribution >= 0.6 is 0 Å². The summed E-state index contributed by atoms with van der Waals surface area (Å²) in [6, 6.07) is 9.19. The van der Waals surface area contributed by atoms with Crippen LogP contribution in [0.2, 0.25) is 0 Å². The van der Waals surface area contributed by atoms with E-state index in [1.54, 1.807) is 14.0 Å². The number of pyridine rings is 1. The molecule has 5 heteroatoms. The maximum Gasteiger partial charge on any atom is 0.337 e. The Balaban J connectivity index is 2.09. The van der Waals surface area contributed by atoms with Crippen molar-refractivity contribution >= 4 is 5.97 Å². The summed E-state index contributed by atoms with van der Waals surface area (Å²) in [6.45, 7) is 2.44. The second-order valence-corrected chi connectivity index (χ2v) is 4.64. The number of carboxylic acid groups (broad SMARTS) is 1. The number of hydrogen-bond donors (Lipinski definition) is 1. The van der Waals surface area contributed by atoms with E-state index in [1.165, 1.54) is 12.3 Å². The molecule has 0 unspecified atom stereocenters. The van der Waals surface area contributed by atoms with Crippen LogP contribution < -0.4 is 4.74 Å². The van der Waals surface area contributed by atoms with Crippen molar-refractivity contribution in [1.82, 2.24) is 4.98 Å². The molecule has 0 amide bonds. The number of aromatic carboxylic acids is 1. The molecule has 5 nitrogen and oxygen atoms in total. The van der Waals surface area contributed by atoms with Crippen molar-refractivity contribution in [3.05, 3.63) is 53.2 Å². The maximum atomic E-state index is 10.9. The molecule has 0 spiro atoms. The fourth-order valence-corrected chi connectivity index (χ4v) is 1.84. The number of carboxylic acids is 1. The van der Waals surface area contributed by atoms with E-state index in [4.69, 9.17) is 14.6 Å². The number of nitrogens with zero attached hydrogens (tertiary/aromatic N) is 1. The van der Waals surface area contributed by atoms with Crippen molar-refractivity contribution in [2.24, 2.45) is 0 Å². The van der Waals surface area contributed by atoms with Crippen LogP contribution in [0, 0.1) is 6.92 Å². The molecule has 2 aromatic rings. The second-order valence-electron chi connectivity index (χ2n) is 4.64. The van der Waals surface area contributed by atoms with E-state index >= 15 is 0 Å². The number of hydrogen-bond acceptors (Lipinski definition) is 4. The van der Waals surface area contributed by atoms with Gasteiger partial charge in [-0.2, -0.15) is 0 Å². The van der Waals surface area contributed by atoms with Crippen molar-refractivity contribution in [3.63, 3.8) is 0 Å². The van der Waals surface area contributed by atoms with Crippen LogP contribution in [-0.4, -0.2) is 29.8 Å². The summed E-state index contributed by atoms with van der Waals surface area (Å²) >= 11 is 0. The van der Waals surface area contributed by atoms with Gasteiger partial charge in [-0.25, -0.2) is 9.78 Å². The minimum atomic E-state index is -1.00. The summed E-state index contributed by atoms with van der Waals surface area (Å²) in [5, 5.41) is 8.90. The van der Waals surface area contributed by atoms with Gasteiger partial charge >= 0.3 is 5.97 Å². The van der Waals surface area contributed by atoms with Crippen LogP contribution in [-0.2, 0) is 11.2 Å². The lowest BCUT2D eigenvalue weighted by atomic mass is 10.1. The molecule has 0 fully saturated rings. The molecule has 1 aromatic heterocycles. The molecule has 110 valence electrons. The topological polar surface area (TPSA) is 68.7 Å². The fraction of sp³-hybridized carbons (Fsp3) is 0.250. The summed E-state index contributed by atoms with van der Waals surface area (Å²) in [7, 11) is 1.67. The molecule has 0 radical (unpaired) electrons. The monoisotopic (exact) mass is 287 g/mol. The Labute approximate surface area is 123 Å². The van der Waals surface area contributed by atoms with Gasteiger partial charge in [0.2, 0.25) is 5.88 Å². The number of carbonyl (C=O) groups is 1. The third-order valence-electron chi connectivity index (χ3n) is 3.01. The normalized spacial score (nSPS) is 10.4. The Bertz CT molecular complexity index is 623. The van der Waals surface area contributed by atoms with E-state index in [9.17, 15) is 4.79 Å². The van der Waals surface area contributed by atoms with Crippen LogP contribution in [0.3, 0.4) is 0 Å². The average molecular weight is 287 g/mol. The highest BCUT2D eigenvalue weighted by molar-refractivity contribution is 5.87. The first-order valence-electron chi connectivity index (χ1n) is 6.56. The lowest BCUT2D eigenvalue weighted by molar-refractivity contribution is 0.0696. The Morgan fingerprint density at radius 3 is 2.57 bits per heavy atom. The second kappa shape index (κ2) is 6.85. The molecule has 0 saturated carbocycles. The van der Waals surface area contributed by atoms with Gasteiger partial charge in [0.05, 0.1) is 12.2 Å². The van der Waals surface area contributed by atoms with Gasteiger partial charge in [0, 0.05) is 18.9 Å². The number of aryl methyl sites for hydroxylation is 1. The van der Waals surface area contributed by atoms with Gasteiger partial charge < -0.3 is 14.6 Å². The zero-order valence-electron chi connectivity index (χ0n) is 12.0. The van der Waals surface area contributed by atoms with Gasteiger partial charge in [-0.1, -0.05) is 12.1 Å². The van der Waals surface area contributed by atoms with E-state index in [0.717, 1.165) is 12.0 Å². The molecule has 21 heavy (non-hydrogen) atoms. The van der Waals surface area contributed by atoms with Crippen LogP contribution in [0.1, 0.15) is 21.5 Å². The van der Waals surface area contributed by atoms with Gasteiger partial charge in [-0.05, 0) is 37.1 Å². The smallest absolute Gasteiger partial charge is 0.337 e. The highest BCUT2D eigenvalue weighted by Crippen LogP contribution is 2.23. The molecule has 1 heterocycles. The Kier molecular flexibility index (Phi) is 4.90. The number of benzene rings is 1. The number of methoxy groups -OCH3 is 1. The SMILES string of the molecule is COCCc1ccc(Oc2ncc(C(=O)O)cc2C)cc1. The molecule has 0 aliphatic rings. The molecule has 0 bridgehead atoms. The third-order valence-corrected chi connectivity index (χ3v) is 3.01. The summed E-state index contributed by atoms with van der Waals surface area (Å²) in [5.74, 6) is 0.0686. The third kappa shape index (κ3) is 4.03. The van der Waals surface area contributed by atoms with Crippen molar-refractivity contribution in [3.8, 4) is 11.6 Å². The van der Waals surface area contributed by atoms with Gasteiger partial charge in [-0.3, -0.25) is 0 Å². The first-order valence-corrected chi connectivity index (χ1v) is 6.56. The van der Waals surface area contributed by atoms with E-state index < -0.39 is 5.97 Å². The number of aromatic nitrogens is 1. The summed E-state index contributed by atoms with van der Waals surface area (Å²) in [6.07, 6.45) is 2.14. The molecule has 1 aromatic carbocycles. The first-order chi connectivity index (χ1) is 10.1. The van der Waals surface area contributed by atoms with Crippen LogP contribution in [0.4, 0.5) is 0 Å². The van der Waals surface area contributed by atoms with E-state index in [1.807, 2.05) is 24.3 Å². The van der Waals surface area contributed by atoms with E-state index in [2.05, 4.69) is 4.98 Å². The minimum absolute atomic E-state index is 0.148. The zero-order chi connectivity index (χ0) is 15.2. The first kappa shape index (κ1) is 15.0. The predicted octanol–water partition coefficient (Wildman–Crippen LogP) is 3.07. The van der Waals surface area contributed by atoms with Crippen molar-refractivity contribution in [2.45, 2.75) is 13.3 Å². The molecule has 0 aliphatic carbocycles. The zero-order valence-corrected chi connectivity index (χ0v) is 12.0. The largest absolute Gasteiger partial charge is 0.478 e. The van der Waals surface area contributed by atoms with Crippen molar-refractivity contribution in [2.75, 3.05) is 13.7 Å². The van der Waals surface area contributed by atoms with Gasteiger partial charge in [0.25, 0.3) is 0 Å². The quantitative estimate of drug-likeness (QED) is 0.884. The standard InChI is InChI=1S/C16H17NO4/c1-11-9-13(16(18)19)10-17-15(11)21-14-5-3-12(4-6-14)7-8-20-2/h3-6,9-10H,7-8H2,1-2H3,(H,18,19). The predicted molar refractivity (Wildman–Crippen MR) is 78.0 cm³/mol. The summed E-state index contributed by atoms with van der Waals surface area (Å²) in [5.41, 5.74) is 1.99. The molecule has 2 rings (SSSR count). The molecule has 0 saturated heterocycles. The average Bonchev–Trinajstić information content (AvgIpc) is 2.48. The maximum absolute atomic E-state index is 10.9.